The van der Waals surface area contributed by atoms with Gasteiger partial charge in [0.2, 0.25) is 0 Å². The highest BCUT2D eigenvalue weighted by Crippen LogP contribution is 2.11. The molecular weight excluding hydrogens is 100 g/mol. The summed E-state index contributed by atoms with van der Waals surface area (Å²) >= 11 is 0. The van der Waals surface area contributed by atoms with Gasteiger partial charge < -0.3 is 10.6 Å². The maximum Gasteiger partial charge on any atom is 0.0216 e. The zero-order chi connectivity index (χ0) is 6.15. The van der Waals surface area contributed by atoms with Crippen LogP contribution in [0.15, 0.2) is 0 Å². The Kier molecular flexibility index (Phi) is 1.54. The van der Waals surface area contributed by atoms with Gasteiger partial charge in [-0.05, 0) is 26.9 Å². The van der Waals surface area contributed by atoms with Gasteiger partial charge in [-0.25, -0.2) is 0 Å². The predicted molar refractivity (Wildman–Crippen MR) is 34.7 cm³/mol. The first-order valence-corrected chi connectivity index (χ1v) is 3.17. The fourth-order valence-corrected chi connectivity index (χ4v) is 1.12. The smallest absolute Gasteiger partial charge is 0.0216 e. The highest BCUT2D eigenvalue weighted by Gasteiger charge is 2.23. The second kappa shape index (κ2) is 2.03. The van der Waals surface area contributed by atoms with Gasteiger partial charge in [0.15, 0.2) is 0 Å². The summed E-state index contributed by atoms with van der Waals surface area (Å²) in [6.07, 6.45) is 1.16. The minimum Gasteiger partial charge on any atom is -0.326 e. The van der Waals surface area contributed by atoms with Gasteiger partial charge in [-0.1, -0.05) is 0 Å². The number of nitrogens with zero attached hydrogens (tertiary/aromatic N) is 1. The summed E-state index contributed by atoms with van der Waals surface area (Å²) in [5.74, 6) is 0. The summed E-state index contributed by atoms with van der Waals surface area (Å²) in [5.41, 5.74) is 5.73. The van der Waals surface area contributed by atoms with Crippen LogP contribution in [0.4, 0.5) is 0 Å². The predicted octanol–water partition coefficient (Wildman–Crippen LogP) is 0.0377. The molecule has 0 spiro atoms. The van der Waals surface area contributed by atoms with E-state index in [-0.39, 0.29) is 0 Å². The number of hydrogen-bond donors (Lipinski definition) is 1. The highest BCUT2D eigenvalue weighted by molar-refractivity contribution is 4.83. The van der Waals surface area contributed by atoms with Crippen LogP contribution in [0.3, 0.4) is 0 Å². The van der Waals surface area contributed by atoms with Gasteiger partial charge in [0.25, 0.3) is 0 Å². The SMILES string of the molecule is C[C@H]1C(N)CCN1C. The molecule has 0 aromatic heterocycles. The van der Waals surface area contributed by atoms with Crippen molar-refractivity contribution < 1.29 is 0 Å². The Morgan fingerprint density at radius 1 is 1.62 bits per heavy atom. The van der Waals surface area contributed by atoms with Crippen LogP contribution in [-0.2, 0) is 0 Å². The van der Waals surface area contributed by atoms with Crippen LogP contribution < -0.4 is 5.73 Å². The van der Waals surface area contributed by atoms with Crippen LogP contribution in [-0.4, -0.2) is 30.6 Å². The van der Waals surface area contributed by atoms with E-state index in [1.54, 1.807) is 0 Å². The quantitative estimate of drug-likeness (QED) is 0.481. The van der Waals surface area contributed by atoms with Gasteiger partial charge in [-0.15, -0.1) is 0 Å². The largest absolute Gasteiger partial charge is 0.326 e. The van der Waals surface area contributed by atoms with Crippen molar-refractivity contribution in [2.45, 2.75) is 25.4 Å². The highest BCUT2D eigenvalue weighted by atomic mass is 15.2. The van der Waals surface area contributed by atoms with Gasteiger partial charge in [0, 0.05) is 12.1 Å². The molecule has 0 saturated carbocycles. The van der Waals surface area contributed by atoms with E-state index in [9.17, 15) is 0 Å². The first-order chi connectivity index (χ1) is 3.72. The zero-order valence-corrected chi connectivity index (χ0v) is 5.59. The topological polar surface area (TPSA) is 29.3 Å². The van der Waals surface area contributed by atoms with Gasteiger partial charge in [-0.3, -0.25) is 0 Å². The Bertz CT molecular complexity index is 72.6. The van der Waals surface area contributed by atoms with E-state index in [2.05, 4.69) is 18.9 Å². The molecule has 1 heterocycles. The molecule has 1 unspecified atom stereocenters. The fourth-order valence-electron chi connectivity index (χ4n) is 1.12. The number of likely N-dealkylation sites (tertiary alicyclic amines) is 1. The van der Waals surface area contributed by atoms with Crippen molar-refractivity contribution >= 4 is 0 Å². The lowest BCUT2D eigenvalue weighted by Crippen LogP contribution is -2.34. The molecule has 0 aromatic rings. The molecule has 2 N–H and O–H groups in total. The summed E-state index contributed by atoms with van der Waals surface area (Å²) in [6, 6.07) is 1.01. The third kappa shape index (κ3) is 0.858. The van der Waals surface area contributed by atoms with Crippen LogP contribution in [0.1, 0.15) is 13.3 Å². The molecule has 1 rings (SSSR count). The van der Waals surface area contributed by atoms with Crippen molar-refractivity contribution in [2.24, 2.45) is 5.73 Å². The van der Waals surface area contributed by atoms with Gasteiger partial charge in [0.05, 0.1) is 0 Å². The molecule has 1 fully saturated rings. The second-order valence-electron chi connectivity index (χ2n) is 2.67. The van der Waals surface area contributed by atoms with Crippen LogP contribution >= 0.6 is 0 Å². The molecule has 1 saturated heterocycles. The molecular formula is C6H14N2. The van der Waals surface area contributed by atoms with Gasteiger partial charge >= 0.3 is 0 Å². The number of likely N-dealkylation sites (N-methyl/N-ethyl adjacent to an activating group) is 1. The van der Waals surface area contributed by atoms with E-state index in [4.69, 9.17) is 5.73 Å². The number of rotatable bonds is 0. The summed E-state index contributed by atoms with van der Waals surface area (Å²) in [6.45, 7) is 3.35. The first kappa shape index (κ1) is 6.05. The average Bonchev–Trinajstić information content (AvgIpc) is 1.98. The lowest BCUT2D eigenvalue weighted by molar-refractivity contribution is 0.318. The van der Waals surface area contributed by atoms with Gasteiger partial charge in [-0.2, -0.15) is 0 Å². The van der Waals surface area contributed by atoms with Crippen LogP contribution in [0, 0.1) is 0 Å². The molecule has 8 heavy (non-hydrogen) atoms. The van der Waals surface area contributed by atoms with Crippen molar-refractivity contribution in [2.75, 3.05) is 13.6 Å². The van der Waals surface area contributed by atoms with Crippen LogP contribution in [0.2, 0.25) is 0 Å². The molecule has 0 bridgehead atoms. The molecule has 1 aliphatic rings. The molecule has 0 amide bonds. The van der Waals surface area contributed by atoms with Crippen molar-refractivity contribution in [3.8, 4) is 0 Å². The maximum atomic E-state index is 5.73. The van der Waals surface area contributed by atoms with E-state index in [1.807, 2.05) is 0 Å². The minimum absolute atomic E-state index is 0.417. The van der Waals surface area contributed by atoms with E-state index in [1.165, 1.54) is 6.54 Å². The van der Waals surface area contributed by atoms with E-state index in [0.29, 0.717) is 12.1 Å². The summed E-state index contributed by atoms with van der Waals surface area (Å²) in [5, 5.41) is 0. The summed E-state index contributed by atoms with van der Waals surface area (Å²) in [7, 11) is 2.12. The fraction of sp³-hybridized carbons (Fsp3) is 1.00. The molecule has 0 radical (unpaired) electrons. The molecule has 1 aliphatic heterocycles. The number of hydrogen-bond acceptors (Lipinski definition) is 2. The van der Waals surface area contributed by atoms with E-state index < -0.39 is 0 Å². The van der Waals surface area contributed by atoms with E-state index >= 15 is 0 Å². The van der Waals surface area contributed by atoms with Crippen molar-refractivity contribution in [3.05, 3.63) is 0 Å². The first-order valence-electron chi connectivity index (χ1n) is 3.17. The normalized spacial score (nSPS) is 40.9. The summed E-state index contributed by atoms with van der Waals surface area (Å²) in [4.78, 5) is 2.30. The molecule has 0 aliphatic carbocycles. The Morgan fingerprint density at radius 3 is 2.38 bits per heavy atom. The average molecular weight is 114 g/mol. The Labute approximate surface area is 50.7 Å². The summed E-state index contributed by atoms with van der Waals surface area (Å²) < 4.78 is 0. The maximum absolute atomic E-state index is 5.73. The monoisotopic (exact) mass is 114 g/mol. The van der Waals surface area contributed by atoms with Crippen LogP contribution in [0.5, 0.6) is 0 Å². The molecule has 2 heteroatoms. The number of nitrogens with two attached hydrogens (primary N) is 1. The lowest BCUT2D eigenvalue weighted by atomic mass is 10.2. The van der Waals surface area contributed by atoms with Gasteiger partial charge in [0.1, 0.15) is 0 Å². The minimum atomic E-state index is 0.417. The van der Waals surface area contributed by atoms with Crippen molar-refractivity contribution in [1.82, 2.24) is 4.90 Å². The Morgan fingerprint density at radius 2 is 2.25 bits per heavy atom. The molecule has 0 aromatic carbocycles. The third-order valence-electron chi connectivity index (χ3n) is 2.13. The van der Waals surface area contributed by atoms with Crippen LogP contribution in [0.25, 0.3) is 0 Å². The van der Waals surface area contributed by atoms with Crippen molar-refractivity contribution in [1.29, 1.82) is 0 Å². The van der Waals surface area contributed by atoms with Crippen molar-refractivity contribution in [3.63, 3.8) is 0 Å². The molecule has 2 atom stereocenters. The Balaban J connectivity index is 2.44. The third-order valence-corrected chi connectivity index (χ3v) is 2.13. The zero-order valence-electron chi connectivity index (χ0n) is 5.59. The molecule has 48 valence electrons. The lowest BCUT2D eigenvalue weighted by Gasteiger charge is -2.16. The Hall–Kier alpha value is -0.0800. The second-order valence-corrected chi connectivity index (χ2v) is 2.67. The molecule has 2 nitrogen and oxygen atoms in total. The standard InChI is InChI=1S/C6H14N2/c1-5-6(7)3-4-8(5)2/h5-6H,3-4,7H2,1-2H3/t5-,6?/m0/s1. The van der Waals surface area contributed by atoms with E-state index in [0.717, 1.165) is 6.42 Å².